The number of fused-ring (bicyclic) bond motifs is 1. The molecule has 1 saturated heterocycles. The molecule has 0 spiro atoms. The van der Waals surface area contributed by atoms with E-state index in [9.17, 15) is 14.4 Å². The second kappa shape index (κ2) is 7.91. The number of amides is 3. The number of nitrogens with zero attached hydrogens (tertiary/aromatic N) is 2. The molecule has 3 amide bonds. The molecule has 7 heteroatoms. The Hall–Kier alpha value is -2.02. The van der Waals surface area contributed by atoms with Crippen LogP contribution >= 0.6 is 11.8 Å². The summed E-state index contributed by atoms with van der Waals surface area (Å²) in [5.41, 5.74) is 0.994. The lowest BCUT2D eigenvalue weighted by molar-refractivity contribution is 0.0652. The average Bonchev–Trinajstić information content (AvgIpc) is 3.17. The Kier molecular flexibility index (Phi) is 5.63. The van der Waals surface area contributed by atoms with E-state index in [1.165, 1.54) is 9.80 Å². The third kappa shape index (κ3) is 3.81. The summed E-state index contributed by atoms with van der Waals surface area (Å²) in [7, 11) is 0. The predicted molar refractivity (Wildman–Crippen MR) is 96.1 cm³/mol. The van der Waals surface area contributed by atoms with E-state index < -0.39 is 6.09 Å². The Balaban J connectivity index is 1.36. The van der Waals surface area contributed by atoms with Gasteiger partial charge in [0.2, 0.25) is 0 Å². The third-order valence-corrected chi connectivity index (χ3v) is 5.93. The van der Waals surface area contributed by atoms with Crippen LogP contribution in [0.25, 0.3) is 0 Å². The van der Waals surface area contributed by atoms with Crippen molar-refractivity contribution in [2.24, 2.45) is 0 Å². The molecule has 0 bridgehead atoms. The molecule has 134 valence electrons. The molecule has 2 heterocycles. The molecule has 1 atom stereocenters. The fourth-order valence-corrected chi connectivity index (χ4v) is 4.59. The summed E-state index contributed by atoms with van der Waals surface area (Å²) in [6, 6.07) is 7.06. The molecule has 1 aromatic rings. The Bertz CT molecular complexity index is 644. The highest BCUT2D eigenvalue weighted by Crippen LogP contribution is 2.24. The van der Waals surface area contributed by atoms with Gasteiger partial charge in [-0.05, 0) is 43.6 Å². The number of carbonyl (C=O) groups is 3. The number of carboxylic acid groups (broad SMARTS) is 1. The van der Waals surface area contributed by atoms with Gasteiger partial charge in [0.25, 0.3) is 11.8 Å². The third-order valence-electron chi connectivity index (χ3n) is 4.73. The van der Waals surface area contributed by atoms with Crippen LogP contribution in [0.1, 0.15) is 46.4 Å². The van der Waals surface area contributed by atoms with Crippen LogP contribution in [0.3, 0.4) is 0 Å². The summed E-state index contributed by atoms with van der Waals surface area (Å²) in [6.07, 6.45) is 2.73. The minimum atomic E-state index is -0.825. The maximum absolute atomic E-state index is 12.2. The monoisotopic (exact) mass is 362 g/mol. The van der Waals surface area contributed by atoms with Crippen molar-refractivity contribution in [3.05, 3.63) is 35.4 Å². The summed E-state index contributed by atoms with van der Waals surface area (Å²) in [6.45, 7) is 1.08. The maximum atomic E-state index is 12.2. The number of unbranched alkanes of at least 4 members (excludes halogenated alkanes) is 1. The van der Waals surface area contributed by atoms with E-state index in [-0.39, 0.29) is 17.9 Å². The molecule has 0 unspecified atom stereocenters. The Morgan fingerprint density at radius 3 is 2.48 bits per heavy atom. The Morgan fingerprint density at radius 2 is 1.84 bits per heavy atom. The van der Waals surface area contributed by atoms with E-state index in [0.29, 0.717) is 24.2 Å². The van der Waals surface area contributed by atoms with Crippen LogP contribution in [0.15, 0.2) is 24.3 Å². The summed E-state index contributed by atoms with van der Waals surface area (Å²) < 4.78 is 0. The van der Waals surface area contributed by atoms with E-state index in [0.717, 1.165) is 37.2 Å². The molecule has 3 rings (SSSR count). The lowest BCUT2D eigenvalue weighted by atomic mass is 10.1. The van der Waals surface area contributed by atoms with E-state index in [1.807, 2.05) is 0 Å². The van der Waals surface area contributed by atoms with Crippen molar-refractivity contribution < 1.29 is 19.5 Å². The average molecular weight is 362 g/mol. The van der Waals surface area contributed by atoms with Crippen molar-refractivity contribution in [3.63, 3.8) is 0 Å². The van der Waals surface area contributed by atoms with Gasteiger partial charge in [0, 0.05) is 24.9 Å². The SMILES string of the molecule is O=C1c2ccccc2C(=O)N1CCCCSC[C@@H]1CCCN1C(=O)O. The maximum Gasteiger partial charge on any atom is 0.407 e. The molecule has 1 N–H and O–H groups in total. The van der Waals surface area contributed by atoms with Crippen LogP contribution in [0.4, 0.5) is 4.79 Å². The second-order valence-corrected chi connectivity index (χ2v) is 7.51. The van der Waals surface area contributed by atoms with Gasteiger partial charge in [0.15, 0.2) is 0 Å². The van der Waals surface area contributed by atoms with Gasteiger partial charge >= 0.3 is 6.09 Å². The van der Waals surface area contributed by atoms with Crippen LogP contribution in [0.2, 0.25) is 0 Å². The van der Waals surface area contributed by atoms with Gasteiger partial charge in [-0.1, -0.05) is 12.1 Å². The molecule has 0 aromatic heterocycles. The predicted octanol–water partition coefficient (Wildman–Crippen LogP) is 2.94. The van der Waals surface area contributed by atoms with E-state index >= 15 is 0 Å². The molecule has 0 aliphatic carbocycles. The first-order valence-electron chi connectivity index (χ1n) is 8.62. The van der Waals surface area contributed by atoms with Gasteiger partial charge in [0.05, 0.1) is 11.1 Å². The quantitative estimate of drug-likeness (QED) is 0.596. The number of thioether (sulfide) groups is 1. The highest BCUT2D eigenvalue weighted by atomic mass is 32.2. The summed E-state index contributed by atoms with van der Waals surface area (Å²) in [4.78, 5) is 38.4. The number of likely N-dealkylation sites (tertiary alicyclic amines) is 1. The van der Waals surface area contributed by atoms with Crippen LogP contribution < -0.4 is 0 Å². The van der Waals surface area contributed by atoms with Crippen molar-refractivity contribution in [1.29, 1.82) is 0 Å². The molecule has 25 heavy (non-hydrogen) atoms. The number of carbonyl (C=O) groups excluding carboxylic acids is 2. The number of rotatable bonds is 7. The first-order valence-corrected chi connectivity index (χ1v) is 9.77. The first kappa shape index (κ1) is 17.8. The van der Waals surface area contributed by atoms with Crippen molar-refractivity contribution in [2.75, 3.05) is 24.6 Å². The minimum absolute atomic E-state index is 0.124. The molecular formula is C18H22N2O4S. The zero-order valence-electron chi connectivity index (χ0n) is 14.0. The Morgan fingerprint density at radius 1 is 1.16 bits per heavy atom. The zero-order valence-corrected chi connectivity index (χ0v) is 14.8. The number of imide groups is 1. The van der Waals surface area contributed by atoms with E-state index in [4.69, 9.17) is 5.11 Å². The number of hydrogen-bond acceptors (Lipinski definition) is 4. The second-order valence-electron chi connectivity index (χ2n) is 6.36. The summed E-state index contributed by atoms with van der Waals surface area (Å²) >= 11 is 1.75. The van der Waals surface area contributed by atoms with Crippen molar-refractivity contribution in [1.82, 2.24) is 9.80 Å². The first-order chi connectivity index (χ1) is 12.1. The van der Waals surface area contributed by atoms with Gasteiger partial charge in [-0.15, -0.1) is 0 Å². The van der Waals surface area contributed by atoms with Crippen molar-refractivity contribution >= 4 is 29.7 Å². The zero-order chi connectivity index (χ0) is 17.8. The largest absolute Gasteiger partial charge is 0.465 e. The van der Waals surface area contributed by atoms with Crippen LogP contribution in [0, 0.1) is 0 Å². The van der Waals surface area contributed by atoms with E-state index in [2.05, 4.69) is 0 Å². The number of benzene rings is 1. The van der Waals surface area contributed by atoms with Crippen molar-refractivity contribution in [2.45, 2.75) is 31.7 Å². The summed E-state index contributed by atoms with van der Waals surface area (Å²) in [5.74, 6) is 1.33. The van der Waals surface area contributed by atoms with Crippen LogP contribution in [0.5, 0.6) is 0 Å². The number of hydrogen-bond donors (Lipinski definition) is 1. The van der Waals surface area contributed by atoms with Gasteiger partial charge in [-0.25, -0.2) is 4.79 Å². The highest BCUT2D eigenvalue weighted by Gasteiger charge is 2.34. The lowest BCUT2D eigenvalue weighted by Crippen LogP contribution is -2.35. The topological polar surface area (TPSA) is 77.9 Å². The van der Waals surface area contributed by atoms with Gasteiger partial charge < -0.3 is 10.0 Å². The fraction of sp³-hybridized carbons (Fsp3) is 0.500. The molecule has 0 radical (unpaired) electrons. The minimum Gasteiger partial charge on any atom is -0.465 e. The Labute approximate surface area is 151 Å². The molecular weight excluding hydrogens is 340 g/mol. The molecule has 1 fully saturated rings. The van der Waals surface area contributed by atoms with E-state index in [1.54, 1.807) is 36.0 Å². The lowest BCUT2D eigenvalue weighted by Gasteiger charge is -2.21. The molecule has 2 aliphatic rings. The molecule has 2 aliphatic heterocycles. The van der Waals surface area contributed by atoms with Crippen LogP contribution in [-0.4, -0.2) is 63.5 Å². The normalized spacial score (nSPS) is 19.6. The van der Waals surface area contributed by atoms with Crippen LogP contribution in [-0.2, 0) is 0 Å². The van der Waals surface area contributed by atoms with Gasteiger partial charge in [0.1, 0.15) is 0 Å². The van der Waals surface area contributed by atoms with Crippen molar-refractivity contribution in [3.8, 4) is 0 Å². The molecule has 1 aromatic carbocycles. The highest BCUT2D eigenvalue weighted by molar-refractivity contribution is 7.99. The fourth-order valence-electron chi connectivity index (χ4n) is 3.40. The summed E-state index contributed by atoms with van der Waals surface area (Å²) in [5, 5.41) is 9.12. The van der Waals surface area contributed by atoms with Gasteiger partial charge in [-0.3, -0.25) is 14.5 Å². The smallest absolute Gasteiger partial charge is 0.407 e. The molecule has 0 saturated carbocycles. The van der Waals surface area contributed by atoms with Gasteiger partial charge in [-0.2, -0.15) is 11.8 Å². The molecule has 6 nitrogen and oxygen atoms in total. The standard InChI is InChI=1S/C18H22N2O4S/c21-16-14-7-1-2-8-15(14)17(22)20(16)9-3-4-11-25-12-13-6-5-10-19(13)18(23)24/h1-2,7-8,13H,3-6,9-12H2,(H,23,24)/t13-/m0/s1.